The Morgan fingerprint density at radius 1 is 1.47 bits per heavy atom. The van der Waals surface area contributed by atoms with E-state index in [1.54, 1.807) is 11.8 Å². The molecule has 0 saturated carbocycles. The molecule has 0 unspecified atom stereocenters. The van der Waals surface area contributed by atoms with Gasteiger partial charge in [0.05, 0.1) is 0 Å². The van der Waals surface area contributed by atoms with E-state index in [0.29, 0.717) is 0 Å². The van der Waals surface area contributed by atoms with Crippen LogP contribution in [0.1, 0.15) is 33.6 Å². The Hall–Kier alpha value is -0.860. The Labute approximate surface area is 91.1 Å². The van der Waals surface area contributed by atoms with Crippen LogP contribution in [0.15, 0.2) is 12.7 Å². The first-order valence-electron chi connectivity index (χ1n) is 5.57. The van der Waals surface area contributed by atoms with Crippen molar-refractivity contribution in [3.63, 3.8) is 0 Å². The average molecular weight is 213 g/mol. The van der Waals surface area contributed by atoms with E-state index in [4.69, 9.17) is 0 Å². The third-order valence-electron chi connectivity index (χ3n) is 3.28. The molecule has 1 rings (SSSR count). The van der Waals surface area contributed by atoms with Crippen LogP contribution in [0.25, 0.3) is 0 Å². The van der Waals surface area contributed by atoms with E-state index in [1.165, 1.54) is 6.08 Å². The minimum atomic E-state index is -1.44. The average Bonchev–Trinajstić information content (AvgIpc) is 2.55. The Morgan fingerprint density at radius 3 is 2.33 bits per heavy atom. The van der Waals surface area contributed by atoms with Crippen molar-refractivity contribution in [2.45, 2.75) is 51.9 Å². The zero-order valence-electron chi connectivity index (χ0n) is 9.74. The Balaban J connectivity index is 2.70. The van der Waals surface area contributed by atoms with Crippen LogP contribution in [0.2, 0.25) is 0 Å². The summed E-state index contributed by atoms with van der Waals surface area (Å²) in [6.45, 7) is 9.16. The van der Waals surface area contributed by atoms with Crippen molar-refractivity contribution in [1.29, 1.82) is 0 Å². The highest BCUT2D eigenvalue weighted by atomic mass is 19.1. The third-order valence-corrected chi connectivity index (χ3v) is 3.28. The number of carbonyl (C=O) groups excluding carboxylic acids is 1. The number of halogens is 1. The molecule has 1 amide bonds. The first-order chi connectivity index (χ1) is 6.99. The van der Waals surface area contributed by atoms with Gasteiger partial charge in [-0.2, -0.15) is 0 Å². The standard InChI is InChI=1S/C12H20FNO/c1-5-8(2)11(13)12(15)14-9(3)6-7-10(14)4/h5,8-11H,1,6-7H2,2-4H3/t8-,9+,10+,11+/m0/s1. The minimum Gasteiger partial charge on any atom is -0.335 e. The zero-order chi connectivity index (χ0) is 11.6. The first-order valence-corrected chi connectivity index (χ1v) is 5.57. The number of amides is 1. The molecule has 3 heteroatoms. The van der Waals surface area contributed by atoms with Crippen LogP contribution in [0, 0.1) is 5.92 Å². The molecule has 1 saturated heterocycles. The van der Waals surface area contributed by atoms with Crippen molar-refractivity contribution in [2.24, 2.45) is 5.92 Å². The van der Waals surface area contributed by atoms with Crippen LogP contribution in [-0.2, 0) is 4.79 Å². The van der Waals surface area contributed by atoms with Crippen molar-refractivity contribution in [3.8, 4) is 0 Å². The van der Waals surface area contributed by atoms with Gasteiger partial charge < -0.3 is 4.90 Å². The van der Waals surface area contributed by atoms with Gasteiger partial charge in [-0.1, -0.05) is 13.0 Å². The van der Waals surface area contributed by atoms with Gasteiger partial charge in [0.2, 0.25) is 0 Å². The van der Waals surface area contributed by atoms with Crippen molar-refractivity contribution < 1.29 is 9.18 Å². The third kappa shape index (κ3) is 2.39. The molecule has 0 aliphatic carbocycles. The summed E-state index contributed by atoms with van der Waals surface area (Å²) in [6, 6.07) is 0.338. The summed E-state index contributed by atoms with van der Waals surface area (Å²) >= 11 is 0. The van der Waals surface area contributed by atoms with E-state index < -0.39 is 12.1 Å². The number of hydrogen-bond acceptors (Lipinski definition) is 1. The van der Waals surface area contributed by atoms with Gasteiger partial charge in [0, 0.05) is 18.0 Å². The fourth-order valence-corrected chi connectivity index (χ4v) is 2.12. The van der Waals surface area contributed by atoms with Gasteiger partial charge in [-0.15, -0.1) is 6.58 Å². The number of carbonyl (C=O) groups is 1. The Morgan fingerprint density at radius 2 is 1.93 bits per heavy atom. The lowest BCUT2D eigenvalue weighted by Gasteiger charge is -2.29. The summed E-state index contributed by atoms with van der Waals surface area (Å²) in [5.41, 5.74) is 0. The van der Waals surface area contributed by atoms with E-state index in [2.05, 4.69) is 6.58 Å². The summed E-state index contributed by atoms with van der Waals surface area (Å²) in [7, 11) is 0. The van der Waals surface area contributed by atoms with Crippen molar-refractivity contribution in [3.05, 3.63) is 12.7 Å². The maximum Gasteiger partial charge on any atom is 0.258 e. The van der Waals surface area contributed by atoms with Gasteiger partial charge in [-0.25, -0.2) is 4.39 Å². The highest BCUT2D eigenvalue weighted by Crippen LogP contribution is 2.26. The molecule has 1 aliphatic heterocycles. The molecule has 0 N–H and O–H groups in total. The topological polar surface area (TPSA) is 20.3 Å². The number of rotatable bonds is 3. The fraction of sp³-hybridized carbons (Fsp3) is 0.750. The normalized spacial score (nSPS) is 30.0. The summed E-state index contributed by atoms with van der Waals surface area (Å²) in [4.78, 5) is 13.6. The molecular weight excluding hydrogens is 193 g/mol. The van der Waals surface area contributed by atoms with E-state index in [-0.39, 0.29) is 18.0 Å². The Kier molecular flexibility index (Phi) is 3.89. The van der Waals surface area contributed by atoms with Gasteiger partial charge in [0.15, 0.2) is 6.17 Å². The quantitative estimate of drug-likeness (QED) is 0.660. The molecule has 0 spiro atoms. The molecule has 0 aromatic heterocycles. The van der Waals surface area contributed by atoms with Gasteiger partial charge in [-0.3, -0.25) is 4.79 Å². The molecule has 0 bridgehead atoms. The molecule has 15 heavy (non-hydrogen) atoms. The van der Waals surface area contributed by atoms with E-state index in [0.717, 1.165) is 12.8 Å². The second-order valence-electron chi connectivity index (χ2n) is 4.52. The molecule has 1 fully saturated rings. The van der Waals surface area contributed by atoms with E-state index in [1.807, 2.05) is 13.8 Å². The second kappa shape index (κ2) is 4.77. The molecule has 86 valence electrons. The summed E-state index contributed by atoms with van der Waals surface area (Å²) in [6.07, 6.45) is 2.00. The first kappa shape index (κ1) is 12.2. The summed E-state index contributed by atoms with van der Waals surface area (Å²) in [5.74, 6) is -0.780. The fourth-order valence-electron chi connectivity index (χ4n) is 2.12. The van der Waals surface area contributed by atoms with Crippen LogP contribution in [0.4, 0.5) is 4.39 Å². The van der Waals surface area contributed by atoms with Crippen LogP contribution in [-0.4, -0.2) is 29.1 Å². The predicted octanol–water partition coefficient (Wildman–Crippen LogP) is 2.55. The van der Waals surface area contributed by atoms with Crippen LogP contribution >= 0.6 is 0 Å². The molecule has 1 aliphatic rings. The molecule has 0 radical (unpaired) electrons. The lowest BCUT2D eigenvalue weighted by molar-refractivity contribution is -0.140. The van der Waals surface area contributed by atoms with Crippen molar-refractivity contribution in [1.82, 2.24) is 4.90 Å². The molecule has 4 atom stereocenters. The molecule has 2 nitrogen and oxygen atoms in total. The van der Waals surface area contributed by atoms with Crippen molar-refractivity contribution in [2.75, 3.05) is 0 Å². The lowest BCUT2D eigenvalue weighted by atomic mass is 10.0. The zero-order valence-corrected chi connectivity index (χ0v) is 9.74. The number of nitrogens with zero attached hydrogens (tertiary/aromatic N) is 1. The van der Waals surface area contributed by atoms with E-state index >= 15 is 0 Å². The largest absolute Gasteiger partial charge is 0.335 e. The lowest BCUT2D eigenvalue weighted by Crippen LogP contribution is -2.44. The number of hydrogen-bond donors (Lipinski definition) is 0. The smallest absolute Gasteiger partial charge is 0.258 e. The number of likely N-dealkylation sites (tertiary alicyclic amines) is 1. The maximum atomic E-state index is 13.7. The second-order valence-corrected chi connectivity index (χ2v) is 4.52. The van der Waals surface area contributed by atoms with Gasteiger partial charge in [0.25, 0.3) is 5.91 Å². The van der Waals surface area contributed by atoms with Crippen LogP contribution in [0.5, 0.6) is 0 Å². The van der Waals surface area contributed by atoms with Gasteiger partial charge in [-0.05, 0) is 26.7 Å². The SMILES string of the molecule is C=C[C@H](C)[C@@H](F)C(=O)N1[C@H](C)CC[C@H]1C. The monoisotopic (exact) mass is 213 g/mol. The van der Waals surface area contributed by atoms with Crippen LogP contribution in [0.3, 0.4) is 0 Å². The summed E-state index contributed by atoms with van der Waals surface area (Å²) in [5, 5.41) is 0. The molecule has 0 aromatic rings. The number of alkyl halides is 1. The highest BCUT2D eigenvalue weighted by molar-refractivity contribution is 5.82. The van der Waals surface area contributed by atoms with E-state index in [9.17, 15) is 9.18 Å². The van der Waals surface area contributed by atoms with Crippen LogP contribution < -0.4 is 0 Å². The Bertz CT molecular complexity index is 244. The molecule has 0 aromatic carbocycles. The van der Waals surface area contributed by atoms with Gasteiger partial charge in [0.1, 0.15) is 0 Å². The highest BCUT2D eigenvalue weighted by Gasteiger charge is 2.36. The number of allylic oxidation sites excluding steroid dienone is 1. The van der Waals surface area contributed by atoms with Crippen molar-refractivity contribution >= 4 is 5.91 Å². The summed E-state index contributed by atoms with van der Waals surface area (Å²) < 4.78 is 13.7. The molecular formula is C12H20FNO. The maximum absolute atomic E-state index is 13.7. The predicted molar refractivity (Wildman–Crippen MR) is 59.3 cm³/mol. The molecule has 1 heterocycles. The minimum absolute atomic E-state index is 0.169. The van der Waals surface area contributed by atoms with Gasteiger partial charge >= 0.3 is 0 Å².